The van der Waals surface area contributed by atoms with Gasteiger partial charge in [-0.2, -0.15) is 13.2 Å². The largest absolute Gasteiger partial charge is 0.481 e. The van der Waals surface area contributed by atoms with Crippen molar-refractivity contribution < 1.29 is 23.1 Å². The number of fused-ring (bicyclic) bond motifs is 1. The molecular weight excluding hydrogens is 253 g/mol. The number of benzene rings is 1. The number of hydrogen-bond donors (Lipinski definition) is 1. The summed E-state index contributed by atoms with van der Waals surface area (Å²) in [5.74, 6) is -0.925. The predicted molar refractivity (Wildman–Crippen MR) is 57.0 cm³/mol. The number of hydrogen-bond acceptors (Lipinski definition) is 2. The number of halogens is 3. The zero-order valence-electron chi connectivity index (χ0n) is 8.62. The molecule has 0 amide bonds. The van der Waals surface area contributed by atoms with Crippen molar-refractivity contribution in [3.63, 3.8) is 0 Å². The molecule has 0 saturated carbocycles. The van der Waals surface area contributed by atoms with Crippen LogP contribution in [0.25, 0.3) is 0 Å². The highest BCUT2D eigenvalue weighted by Crippen LogP contribution is 2.41. The lowest BCUT2D eigenvalue weighted by Gasteiger charge is -2.07. The molecule has 0 aliphatic carbocycles. The summed E-state index contributed by atoms with van der Waals surface area (Å²) in [6.45, 7) is 0. The third-order valence-corrected chi connectivity index (χ3v) is 3.84. The Balaban J connectivity index is 2.19. The molecule has 1 aromatic rings. The molecule has 0 bridgehead atoms. The number of rotatable bonds is 2. The van der Waals surface area contributed by atoms with Crippen LogP contribution in [-0.2, 0) is 17.4 Å². The van der Waals surface area contributed by atoms with Crippen molar-refractivity contribution in [1.29, 1.82) is 0 Å². The first kappa shape index (κ1) is 12.3. The second kappa shape index (κ2) is 4.25. The monoisotopic (exact) mass is 262 g/mol. The maximum Gasteiger partial charge on any atom is 0.416 e. The van der Waals surface area contributed by atoms with Crippen LogP contribution in [0.5, 0.6) is 0 Å². The molecule has 1 aliphatic rings. The molecule has 0 aromatic heterocycles. The molecule has 2 nitrogen and oxygen atoms in total. The highest BCUT2D eigenvalue weighted by molar-refractivity contribution is 8.00. The van der Waals surface area contributed by atoms with Gasteiger partial charge in [-0.1, -0.05) is 6.07 Å². The average Bonchev–Trinajstić information content (AvgIpc) is 2.55. The summed E-state index contributed by atoms with van der Waals surface area (Å²) in [7, 11) is 0. The topological polar surface area (TPSA) is 37.3 Å². The second-order valence-corrected chi connectivity index (χ2v) is 5.20. The van der Waals surface area contributed by atoms with E-state index in [-0.39, 0.29) is 11.7 Å². The summed E-state index contributed by atoms with van der Waals surface area (Å²) in [5.41, 5.74) is 0.119. The summed E-state index contributed by atoms with van der Waals surface area (Å²) in [6, 6.07) is 3.58. The SMILES string of the molecule is O=C(O)CC1Cc2ccc(C(F)(F)F)cc2S1. The van der Waals surface area contributed by atoms with Crippen LogP contribution in [-0.4, -0.2) is 16.3 Å². The van der Waals surface area contributed by atoms with Crippen LogP contribution in [0.1, 0.15) is 17.5 Å². The molecule has 6 heteroatoms. The van der Waals surface area contributed by atoms with E-state index in [0.717, 1.165) is 17.7 Å². The van der Waals surface area contributed by atoms with E-state index < -0.39 is 17.7 Å². The van der Waals surface area contributed by atoms with Crippen molar-refractivity contribution in [2.75, 3.05) is 0 Å². The first-order chi connectivity index (χ1) is 7.86. The van der Waals surface area contributed by atoms with Gasteiger partial charge in [0, 0.05) is 10.1 Å². The Labute approximate surface area is 99.8 Å². The van der Waals surface area contributed by atoms with Crippen LogP contribution in [0.15, 0.2) is 23.1 Å². The van der Waals surface area contributed by atoms with Gasteiger partial charge < -0.3 is 5.11 Å². The normalized spacial score (nSPS) is 19.1. The van der Waals surface area contributed by atoms with Crippen molar-refractivity contribution in [3.8, 4) is 0 Å². The minimum atomic E-state index is -4.35. The number of thioether (sulfide) groups is 1. The molecule has 17 heavy (non-hydrogen) atoms. The van der Waals surface area contributed by atoms with E-state index in [9.17, 15) is 18.0 Å². The molecule has 1 unspecified atom stereocenters. The fraction of sp³-hybridized carbons (Fsp3) is 0.364. The average molecular weight is 262 g/mol. The number of carboxylic acid groups (broad SMARTS) is 1. The summed E-state index contributed by atoms with van der Waals surface area (Å²) >= 11 is 1.21. The summed E-state index contributed by atoms with van der Waals surface area (Å²) in [4.78, 5) is 11.1. The van der Waals surface area contributed by atoms with Gasteiger partial charge in [0.25, 0.3) is 0 Å². The van der Waals surface area contributed by atoms with Gasteiger partial charge in [0.1, 0.15) is 0 Å². The molecule has 0 saturated heterocycles. The zero-order chi connectivity index (χ0) is 12.6. The maximum absolute atomic E-state index is 12.5. The Hall–Kier alpha value is -1.17. The molecule has 92 valence electrons. The third-order valence-electron chi connectivity index (χ3n) is 2.54. The Bertz CT molecular complexity index is 457. The zero-order valence-corrected chi connectivity index (χ0v) is 9.44. The molecule has 1 N–H and O–H groups in total. The minimum absolute atomic E-state index is 0.0271. The third kappa shape index (κ3) is 2.74. The van der Waals surface area contributed by atoms with E-state index in [1.165, 1.54) is 17.8 Å². The molecule has 0 radical (unpaired) electrons. The quantitative estimate of drug-likeness (QED) is 0.889. The molecular formula is C11H9F3O2S. The van der Waals surface area contributed by atoms with Crippen molar-refractivity contribution in [2.45, 2.75) is 29.2 Å². The Morgan fingerprint density at radius 2 is 2.18 bits per heavy atom. The molecule has 0 spiro atoms. The highest BCUT2D eigenvalue weighted by atomic mass is 32.2. The summed E-state index contributed by atoms with van der Waals surface area (Å²) in [5, 5.41) is 8.48. The van der Waals surface area contributed by atoms with Crippen LogP contribution >= 0.6 is 11.8 Å². The number of carboxylic acids is 1. The van der Waals surface area contributed by atoms with Crippen molar-refractivity contribution in [1.82, 2.24) is 0 Å². The van der Waals surface area contributed by atoms with Gasteiger partial charge >= 0.3 is 12.1 Å². The summed E-state index contributed by atoms with van der Waals surface area (Å²) < 4.78 is 37.4. The van der Waals surface area contributed by atoms with Crippen LogP contribution < -0.4 is 0 Å². The van der Waals surface area contributed by atoms with Gasteiger partial charge in [0.05, 0.1) is 12.0 Å². The smallest absolute Gasteiger partial charge is 0.416 e. The predicted octanol–water partition coefficient (Wildman–Crippen LogP) is 3.20. The number of alkyl halides is 3. The Morgan fingerprint density at radius 3 is 2.76 bits per heavy atom. The fourth-order valence-corrected chi connectivity index (χ4v) is 3.13. The Kier molecular flexibility index (Phi) is 3.07. The molecule has 1 aromatic carbocycles. The van der Waals surface area contributed by atoms with E-state index in [0.29, 0.717) is 11.3 Å². The van der Waals surface area contributed by atoms with Gasteiger partial charge in [-0.05, 0) is 24.1 Å². The van der Waals surface area contributed by atoms with Gasteiger partial charge in [0.15, 0.2) is 0 Å². The number of aliphatic carboxylic acids is 1. The van der Waals surface area contributed by atoms with Crippen molar-refractivity contribution >= 4 is 17.7 Å². The van der Waals surface area contributed by atoms with Crippen LogP contribution in [0.4, 0.5) is 13.2 Å². The molecule has 1 heterocycles. The molecule has 2 rings (SSSR count). The van der Waals surface area contributed by atoms with Crippen LogP contribution in [0, 0.1) is 0 Å². The van der Waals surface area contributed by atoms with Crippen molar-refractivity contribution in [3.05, 3.63) is 29.3 Å². The summed E-state index contributed by atoms with van der Waals surface area (Å²) in [6.07, 6.45) is -3.86. The van der Waals surface area contributed by atoms with E-state index in [1.54, 1.807) is 0 Å². The number of carbonyl (C=O) groups is 1. The highest BCUT2D eigenvalue weighted by Gasteiger charge is 2.33. The van der Waals surface area contributed by atoms with Crippen LogP contribution in [0.3, 0.4) is 0 Å². The molecule has 1 aliphatic heterocycles. The lowest BCUT2D eigenvalue weighted by molar-refractivity contribution is -0.138. The minimum Gasteiger partial charge on any atom is -0.481 e. The first-order valence-corrected chi connectivity index (χ1v) is 5.83. The van der Waals surface area contributed by atoms with E-state index in [1.807, 2.05) is 0 Å². The fourth-order valence-electron chi connectivity index (χ4n) is 1.78. The Morgan fingerprint density at radius 1 is 1.47 bits per heavy atom. The van der Waals surface area contributed by atoms with E-state index in [4.69, 9.17) is 5.11 Å². The maximum atomic E-state index is 12.5. The first-order valence-electron chi connectivity index (χ1n) is 4.95. The standard InChI is InChI=1S/C11H9F3O2S/c12-11(13,14)7-2-1-6-3-8(5-10(15)16)17-9(6)4-7/h1-2,4,8H,3,5H2,(H,15,16). The van der Waals surface area contributed by atoms with E-state index >= 15 is 0 Å². The lowest BCUT2D eigenvalue weighted by Crippen LogP contribution is -2.08. The van der Waals surface area contributed by atoms with Crippen LogP contribution in [0.2, 0.25) is 0 Å². The second-order valence-electron chi connectivity index (χ2n) is 3.86. The lowest BCUT2D eigenvalue weighted by atomic mass is 10.1. The van der Waals surface area contributed by atoms with Gasteiger partial charge in [-0.3, -0.25) is 4.79 Å². The van der Waals surface area contributed by atoms with Gasteiger partial charge in [0.2, 0.25) is 0 Å². The van der Waals surface area contributed by atoms with E-state index in [2.05, 4.69) is 0 Å². The molecule has 0 fully saturated rings. The van der Waals surface area contributed by atoms with Crippen molar-refractivity contribution in [2.24, 2.45) is 0 Å². The van der Waals surface area contributed by atoms with Gasteiger partial charge in [-0.25, -0.2) is 0 Å². The molecule has 1 atom stereocenters. The van der Waals surface area contributed by atoms with Gasteiger partial charge in [-0.15, -0.1) is 11.8 Å².